The van der Waals surface area contributed by atoms with Crippen LogP contribution in [0.15, 0.2) is 4.99 Å². The van der Waals surface area contributed by atoms with Crippen LogP contribution in [0.4, 0.5) is 4.79 Å². The highest BCUT2D eigenvalue weighted by molar-refractivity contribution is 14.0. The third kappa shape index (κ3) is 11.1. The van der Waals surface area contributed by atoms with Gasteiger partial charge in [-0.2, -0.15) is 0 Å². The molecule has 0 aliphatic carbocycles. The highest BCUT2D eigenvalue weighted by atomic mass is 127. The van der Waals surface area contributed by atoms with Crippen LogP contribution in [0.5, 0.6) is 0 Å². The molecule has 1 heterocycles. The van der Waals surface area contributed by atoms with Gasteiger partial charge in [0.2, 0.25) is 0 Å². The Bertz CT molecular complexity index is 436. The summed E-state index contributed by atoms with van der Waals surface area (Å²) in [6.45, 7) is 16.3. The molecule has 0 bridgehead atoms. The Morgan fingerprint density at radius 2 is 2.00 bits per heavy atom. The highest BCUT2D eigenvalue weighted by Gasteiger charge is 2.27. The monoisotopic (exact) mass is 482 g/mol. The van der Waals surface area contributed by atoms with E-state index in [0.29, 0.717) is 11.8 Å². The standard InChI is InChI=1S/C19H38N4O2.HI/c1-7-20-17(22-13-15(2)3)21-11-10-16-9-8-12-23(14-16)18(24)25-19(4,5)6;/h15-16H,7-14H2,1-6H3,(H2,20,21,22);1H. The Hall–Kier alpha value is -0.730. The van der Waals surface area contributed by atoms with Crippen molar-refractivity contribution >= 4 is 36.0 Å². The van der Waals surface area contributed by atoms with Crippen LogP contribution < -0.4 is 10.6 Å². The van der Waals surface area contributed by atoms with Crippen molar-refractivity contribution < 1.29 is 9.53 Å². The molecule has 26 heavy (non-hydrogen) atoms. The maximum Gasteiger partial charge on any atom is 0.410 e. The van der Waals surface area contributed by atoms with E-state index in [1.54, 1.807) is 0 Å². The molecule has 1 rings (SSSR count). The summed E-state index contributed by atoms with van der Waals surface area (Å²) in [5.41, 5.74) is -0.431. The van der Waals surface area contributed by atoms with E-state index in [9.17, 15) is 4.79 Å². The Labute approximate surface area is 176 Å². The van der Waals surface area contributed by atoms with Crippen LogP contribution in [0.25, 0.3) is 0 Å². The predicted octanol–water partition coefficient (Wildman–Crippen LogP) is 3.85. The number of ether oxygens (including phenoxy) is 1. The molecule has 6 nitrogen and oxygen atoms in total. The smallest absolute Gasteiger partial charge is 0.410 e. The van der Waals surface area contributed by atoms with Gasteiger partial charge in [-0.3, -0.25) is 4.99 Å². The lowest BCUT2D eigenvalue weighted by Gasteiger charge is -2.34. The third-order valence-corrected chi connectivity index (χ3v) is 3.97. The summed E-state index contributed by atoms with van der Waals surface area (Å²) < 4.78 is 5.50. The van der Waals surface area contributed by atoms with E-state index >= 15 is 0 Å². The lowest BCUT2D eigenvalue weighted by molar-refractivity contribution is 0.0162. The first-order valence-corrected chi connectivity index (χ1v) is 9.71. The number of nitrogens with one attached hydrogen (secondary N) is 2. The molecule has 1 amide bonds. The molecule has 1 aliphatic heterocycles. The molecule has 1 aliphatic rings. The van der Waals surface area contributed by atoms with Gasteiger partial charge in [0.25, 0.3) is 0 Å². The summed E-state index contributed by atoms with van der Waals surface area (Å²) in [7, 11) is 0. The molecule has 1 atom stereocenters. The van der Waals surface area contributed by atoms with Crippen LogP contribution in [0.3, 0.4) is 0 Å². The molecule has 2 N–H and O–H groups in total. The summed E-state index contributed by atoms with van der Waals surface area (Å²) >= 11 is 0. The average molecular weight is 482 g/mol. The Morgan fingerprint density at radius 1 is 1.31 bits per heavy atom. The highest BCUT2D eigenvalue weighted by Crippen LogP contribution is 2.21. The molecule has 0 aromatic rings. The molecular formula is C19H39IN4O2. The minimum absolute atomic E-state index is 0. The van der Waals surface area contributed by atoms with E-state index in [1.165, 1.54) is 6.42 Å². The second-order valence-electron chi connectivity index (χ2n) is 8.26. The molecule has 0 saturated carbocycles. The van der Waals surface area contributed by atoms with Gasteiger partial charge in [0, 0.05) is 32.7 Å². The summed E-state index contributed by atoms with van der Waals surface area (Å²) in [6, 6.07) is 0. The Balaban J connectivity index is 0.00000625. The molecule has 1 fully saturated rings. The molecule has 0 aromatic heterocycles. The molecule has 1 saturated heterocycles. The lowest BCUT2D eigenvalue weighted by Crippen LogP contribution is -2.44. The van der Waals surface area contributed by atoms with Crippen molar-refractivity contribution in [2.75, 3.05) is 32.7 Å². The van der Waals surface area contributed by atoms with Gasteiger partial charge in [-0.15, -0.1) is 24.0 Å². The maximum atomic E-state index is 12.2. The number of halogens is 1. The number of hydrogen-bond donors (Lipinski definition) is 2. The maximum absolute atomic E-state index is 12.2. The summed E-state index contributed by atoms with van der Waals surface area (Å²) in [6.07, 6.45) is 3.06. The summed E-state index contributed by atoms with van der Waals surface area (Å²) in [5, 5.41) is 6.69. The van der Waals surface area contributed by atoms with Gasteiger partial charge in [-0.05, 0) is 58.8 Å². The van der Waals surface area contributed by atoms with Crippen LogP contribution in [-0.2, 0) is 4.74 Å². The number of piperidine rings is 1. The second kappa shape index (κ2) is 12.6. The van der Waals surface area contributed by atoms with Crippen LogP contribution in [0.1, 0.15) is 60.8 Å². The van der Waals surface area contributed by atoms with Crippen molar-refractivity contribution in [2.24, 2.45) is 16.8 Å². The molecule has 0 spiro atoms. The van der Waals surface area contributed by atoms with Crippen molar-refractivity contribution in [3.05, 3.63) is 0 Å². The predicted molar refractivity (Wildman–Crippen MR) is 119 cm³/mol. The number of guanidine groups is 1. The van der Waals surface area contributed by atoms with Crippen LogP contribution in [0.2, 0.25) is 0 Å². The fraction of sp³-hybridized carbons (Fsp3) is 0.895. The third-order valence-electron chi connectivity index (χ3n) is 3.97. The number of carbonyl (C=O) groups is 1. The number of aliphatic imine (C=N–C) groups is 1. The number of amides is 1. The van der Waals surface area contributed by atoms with Crippen LogP contribution >= 0.6 is 24.0 Å². The SMILES string of the molecule is CCNC(=NCC(C)C)NCCC1CCCN(C(=O)OC(C)(C)C)C1.I. The quantitative estimate of drug-likeness (QED) is 0.343. The molecule has 0 aromatic carbocycles. The summed E-state index contributed by atoms with van der Waals surface area (Å²) in [4.78, 5) is 18.7. The van der Waals surface area contributed by atoms with Crippen molar-refractivity contribution in [1.29, 1.82) is 0 Å². The van der Waals surface area contributed by atoms with E-state index in [0.717, 1.165) is 51.5 Å². The van der Waals surface area contributed by atoms with Gasteiger partial charge in [-0.1, -0.05) is 13.8 Å². The second-order valence-corrected chi connectivity index (χ2v) is 8.26. The first-order valence-electron chi connectivity index (χ1n) is 9.71. The first kappa shape index (κ1) is 25.3. The number of likely N-dealkylation sites (tertiary alicyclic amines) is 1. The Morgan fingerprint density at radius 3 is 2.58 bits per heavy atom. The molecule has 7 heteroatoms. The van der Waals surface area contributed by atoms with Gasteiger partial charge in [0.1, 0.15) is 5.60 Å². The van der Waals surface area contributed by atoms with Crippen molar-refractivity contribution in [3.8, 4) is 0 Å². The molecular weight excluding hydrogens is 443 g/mol. The van der Waals surface area contributed by atoms with Crippen molar-refractivity contribution in [3.63, 3.8) is 0 Å². The largest absolute Gasteiger partial charge is 0.444 e. The zero-order chi connectivity index (χ0) is 18.9. The van der Waals surface area contributed by atoms with E-state index < -0.39 is 5.60 Å². The number of rotatable bonds is 6. The number of carbonyl (C=O) groups excluding carboxylic acids is 1. The Kier molecular flexibility index (Phi) is 12.3. The van der Waals surface area contributed by atoms with Gasteiger partial charge in [0.05, 0.1) is 0 Å². The number of hydrogen-bond acceptors (Lipinski definition) is 3. The molecule has 1 unspecified atom stereocenters. The zero-order valence-electron chi connectivity index (χ0n) is 17.4. The van der Waals surface area contributed by atoms with E-state index in [-0.39, 0.29) is 30.1 Å². The summed E-state index contributed by atoms with van der Waals surface area (Å²) in [5.74, 6) is 1.95. The van der Waals surface area contributed by atoms with E-state index in [1.807, 2.05) is 25.7 Å². The average Bonchev–Trinajstić information content (AvgIpc) is 2.51. The van der Waals surface area contributed by atoms with Gasteiger partial charge in [-0.25, -0.2) is 4.79 Å². The minimum Gasteiger partial charge on any atom is -0.444 e. The van der Waals surface area contributed by atoms with E-state index in [2.05, 4.69) is 36.4 Å². The molecule has 154 valence electrons. The van der Waals surface area contributed by atoms with Crippen molar-refractivity contribution in [2.45, 2.75) is 66.4 Å². The zero-order valence-corrected chi connectivity index (χ0v) is 19.8. The van der Waals surface area contributed by atoms with E-state index in [4.69, 9.17) is 4.74 Å². The normalized spacial score (nSPS) is 18.3. The van der Waals surface area contributed by atoms with Gasteiger partial charge >= 0.3 is 6.09 Å². The minimum atomic E-state index is -0.431. The fourth-order valence-electron chi connectivity index (χ4n) is 2.80. The van der Waals surface area contributed by atoms with Gasteiger partial charge in [0.15, 0.2) is 5.96 Å². The lowest BCUT2D eigenvalue weighted by atomic mass is 9.95. The van der Waals surface area contributed by atoms with Crippen LogP contribution in [0, 0.1) is 11.8 Å². The first-order chi connectivity index (χ1) is 11.7. The van der Waals surface area contributed by atoms with Crippen LogP contribution in [-0.4, -0.2) is 55.3 Å². The number of nitrogens with zero attached hydrogens (tertiary/aromatic N) is 2. The topological polar surface area (TPSA) is 66.0 Å². The fourth-order valence-corrected chi connectivity index (χ4v) is 2.80. The molecule has 0 radical (unpaired) electrons. The van der Waals surface area contributed by atoms with Gasteiger partial charge < -0.3 is 20.3 Å². The van der Waals surface area contributed by atoms with Crippen molar-refractivity contribution in [1.82, 2.24) is 15.5 Å².